The Morgan fingerprint density at radius 3 is 3.27 bits per heavy atom. The third-order valence-electron chi connectivity index (χ3n) is 2.32. The van der Waals surface area contributed by atoms with Gasteiger partial charge in [-0.3, -0.25) is 0 Å². The Labute approximate surface area is 89.2 Å². The van der Waals surface area contributed by atoms with Gasteiger partial charge in [0, 0.05) is 18.1 Å². The van der Waals surface area contributed by atoms with Crippen LogP contribution >= 0.6 is 0 Å². The first kappa shape index (κ1) is 9.88. The number of terminal acetylenes is 1. The second kappa shape index (κ2) is 4.24. The number of rotatable bonds is 3. The van der Waals surface area contributed by atoms with Gasteiger partial charge in [0.1, 0.15) is 18.1 Å². The van der Waals surface area contributed by atoms with Crippen LogP contribution in [-0.4, -0.2) is 13.2 Å². The number of hydrogen-bond acceptors (Lipinski definition) is 3. The van der Waals surface area contributed by atoms with Gasteiger partial charge in [-0.1, -0.05) is 0 Å². The monoisotopic (exact) mass is 203 g/mol. The molecular weight excluding hydrogens is 190 g/mol. The Morgan fingerprint density at radius 2 is 2.47 bits per heavy atom. The average Bonchev–Trinajstić information content (AvgIpc) is 2.61. The van der Waals surface area contributed by atoms with Crippen LogP contribution < -0.4 is 15.2 Å². The second-order valence-electron chi connectivity index (χ2n) is 3.42. The minimum atomic E-state index is -0.0141. The average molecular weight is 203 g/mol. The van der Waals surface area contributed by atoms with Crippen LogP contribution in [-0.2, 0) is 0 Å². The van der Waals surface area contributed by atoms with E-state index in [-0.39, 0.29) is 6.04 Å². The van der Waals surface area contributed by atoms with E-state index >= 15 is 0 Å². The van der Waals surface area contributed by atoms with Gasteiger partial charge in [-0.15, -0.1) is 12.3 Å². The molecule has 0 saturated heterocycles. The first-order chi connectivity index (χ1) is 7.31. The van der Waals surface area contributed by atoms with E-state index in [4.69, 9.17) is 21.6 Å². The Balaban J connectivity index is 2.07. The minimum absolute atomic E-state index is 0.0141. The summed E-state index contributed by atoms with van der Waals surface area (Å²) in [7, 11) is 0. The summed E-state index contributed by atoms with van der Waals surface area (Å²) < 4.78 is 10.9. The highest BCUT2D eigenvalue weighted by molar-refractivity contribution is 5.44. The molecule has 1 aliphatic heterocycles. The lowest BCUT2D eigenvalue weighted by atomic mass is 10.1. The van der Waals surface area contributed by atoms with E-state index in [9.17, 15) is 0 Å². The van der Waals surface area contributed by atoms with Gasteiger partial charge in [-0.25, -0.2) is 0 Å². The van der Waals surface area contributed by atoms with Crippen LogP contribution in [0.4, 0.5) is 0 Å². The maximum atomic E-state index is 5.83. The summed E-state index contributed by atoms with van der Waals surface area (Å²) in [6.45, 7) is 1.07. The Kier molecular flexibility index (Phi) is 2.79. The quantitative estimate of drug-likeness (QED) is 0.597. The Hall–Kier alpha value is -1.66. The molecule has 2 N–H and O–H groups in total. The summed E-state index contributed by atoms with van der Waals surface area (Å²) >= 11 is 0. The van der Waals surface area contributed by atoms with Crippen LogP contribution in [0.15, 0.2) is 18.2 Å². The van der Waals surface area contributed by atoms with Gasteiger partial charge in [0.15, 0.2) is 0 Å². The highest BCUT2D eigenvalue weighted by Gasteiger charge is 2.20. The first-order valence-corrected chi connectivity index (χ1v) is 4.90. The van der Waals surface area contributed by atoms with Crippen molar-refractivity contribution in [3.8, 4) is 23.8 Å². The van der Waals surface area contributed by atoms with Crippen LogP contribution in [0.25, 0.3) is 0 Å². The van der Waals surface area contributed by atoms with Gasteiger partial charge in [-0.2, -0.15) is 0 Å². The Bertz CT molecular complexity index is 395. The van der Waals surface area contributed by atoms with Gasteiger partial charge >= 0.3 is 0 Å². The summed E-state index contributed by atoms with van der Waals surface area (Å²) in [5, 5.41) is 0. The maximum Gasteiger partial charge on any atom is 0.127 e. The van der Waals surface area contributed by atoms with Crippen molar-refractivity contribution in [2.24, 2.45) is 5.73 Å². The van der Waals surface area contributed by atoms with E-state index in [0.29, 0.717) is 19.6 Å². The van der Waals surface area contributed by atoms with Crippen molar-refractivity contribution in [3.63, 3.8) is 0 Å². The fourth-order valence-electron chi connectivity index (χ4n) is 1.53. The van der Waals surface area contributed by atoms with Crippen molar-refractivity contribution < 1.29 is 9.47 Å². The molecule has 0 aliphatic carbocycles. The fraction of sp³-hybridized carbons (Fsp3) is 0.333. The molecule has 1 heterocycles. The van der Waals surface area contributed by atoms with Crippen molar-refractivity contribution in [1.29, 1.82) is 0 Å². The molecule has 0 saturated carbocycles. The van der Waals surface area contributed by atoms with Crippen LogP contribution in [0.2, 0.25) is 0 Å². The zero-order valence-electron chi connectivity index (χ0n) is 8.40. The number of nitrogens with two attached hydrogens (primary N) is 1. The molecular formula is C12H13NO2. The predicted octanol–water partition coefficient (Wildman–Crippen LogP) is 1.48. The molecule has 2 rings (SSSR count). The van der Waals surface area contributed by atoms with E-state index in [1.165, 1.54) is 0 Å². The molecule has 1 atom stereocenters. The zero-order valence-corrected chi connectivity index (χ0v) is 8.40. The smallest absolute Gasteiger partial charge is 0.127 e. The molecule has 3 heteroatoms. The van der Waals surface area contributed by atoms with Crippen LogP contribution in [0.5, 0.6) is 11.5 Å². The van der Waals surface area contributed by atoms with Gasteiger partial charge in [0.2, 0.25) is 0 Å². The van der Waals surface area contributed by atoms with E-state index in [1.807, 2.05) is 18.2 Å². The van der Waals surface area contributed by atoms with E-state index in [0.717, 1.165) is 17.1 Å². The molecule has 1 aliphatic rings. The molecule has 0 aromatic heterocycles. The zero-order chi connectivity index (χ0) is 10.7. The molecule has 0 amide bonds. The van der Waals surface area contributed by atoms with E-state index < -0.39 is 0 Å². The summed E-state index contributed by atoms with van der Waals surface area (Å²) in [6, 6.07) is 5.68. The highest BCUT2D eigenvalue weighted by Crippen LogP contribution is 2.33. The molecule has 15 heavy (non-hydrogen) atoms. The summed E-state index contributed by atoms with van der Waals surface area (Å²) in [5.41, 5.74) is 6.87. The number of hydrogen-bond donors (Lipinski definition) is 1. The standard InChI is InChI=1S/C12H13NO2/c1-2-3-6-14-9-4-5-10-11(13)8-15-12(10)7-9/h1,4-5,7,11H,3,6,8,13H2. The SMILES string of the molecule is C#CCCOc1ccc2c(c1)OCC2N. The molecule has 0 bridgehead atoms. The third-order valence-corrected chi connectivity index (χ3v) is 2.32. The lowest BCUT2D eigenvalue weighted by molar-refractivity contribution is 0.316. The molecule has 3 nitrogen and oxygen atoms in total. The molecule has 0 radical (unpaired) electrons. The normalized spacial score (nSPS) is 17.7. The largest absolute Gasteiger partial charge is 0.492 e. The van der Waals surface area contributed by atoms with Crippen LogP contribution in [0.1, 0.15) is 18.0 Å². The minimum Gasteiger partial charge on any atom is -0.492 e. The maximum absolute atomic E-state index is 5.83. The molecule has 0 fully saturated rings. The van der Waals surface area contributed by atoms with Gasteiger partial charge in [0.25, 0.3) is 0 Å². The van der Waals surface area contributed by atoms with Gasteiger partial charge < -0.3 is 15.2 Å². The topological polar surface area (TPSA) is 44.5 Å². The molecule has 1 aromatic carbocycles. The Morgan fingerprint density at radius 1 is 1.60 bits per heavy atom. The first-order valence-electron chi connectivity index (χ1n) is 4.90. The molecule has 1 unspecified atom stereocenters. The summed E-state index contributed by atoms with van der Waals surface area (Å²) in [5.74, 6) is 4.12. The van der Waals surface area contributed by atoms with Crippen molar-refractivity contribution in [1.82, 2.24) is 0 Å². The summed E-state index contributed by atoms with van der Waals surface area (Å²) in [4.78, 5) is 0. The molecule has 78 valence electrons. The number of fused-ring (bicyclic) bond motifs is 1. The molecule has 0 spiro atoms. The highest BCUT2D eigenvalue weighted by atomic mass is 16.5. The third kappa shape index (κ3) is 2.05. The summed E-state index contributed by atoms with van der Waals surface area (Å²) in [6.07, 6.45) is 5.74. The lowest BCUT2D eigenvalue weighted by Gasteiger charge is -2.06. The second-order valence-corrected chi connectivity index (χ2v) is 3.42. The fourth-order valence-corrected chi connectivity index (χ4v) is 1.53. The van der Waals surface area contributed by atoms with Crippen molar-refractivity contribution in [2.45, 2.75) is 12.5 Å². The van der Waals surface area contributed by atoms with Crippen molar-refractivity contribution in [2.75, 3.05) is 13.2 Å². The van der Waals surface area contributed by atoms with Crippen molar-refractivity contribution >= 4 is 0 Å². The van der Waals surface area contributed by atoms with Crippen molar-refractivity contribution in [3.05, 3.63) is 23.8 Å². The van der Waals surface area contributed by atoms with E-state index in [2.05, 4.69) is 5.92 Å². The molecule has 1 aromatic rings. The predicted molar refractivity (Wildman–Crippen MR) is 57.8 cm³/mol. The lowest BCUT2D eigenvalue weighted by Crippen LogP contribution is -2.10. The van der Waals surface area contributed by atoms with E-state index in [1.54, 1.807) is 0 Å². The van der Waals surface area contributed by atoms with Crippen LogP contribution in [0, 0.1) is 12.3 Å². The van der Waals surface area contributed by atoms with Crippen LogP contribution in [0.3, 0.4) is 0 Å². The van der Waals surface area contributed by atoms with Gasteiger partial charge in [0.05, 0.1) is 12.6 Å². The number of benzene rings is 1. The van der Waals surface area contributed by atoms with Gasteiger partial charge in [-0.05, 0) is 12.1 Å². The number of ether oxygens (including phenoxy) is 2.